The number of benzene rings is 3. The third kappa shape index (κ3) is 4.46. The number of methoxy groups -OCH3 is 1. The van der Waals surface area contributed by atoms with Crippen LogP contribution < -0.4 is 19.1 Å². The second kappa shape index (κ2) is 8.65. The van der Waals surface area contributed by atoms with Crippen LogP contribution in [0.1, 0.15) is 11.1 Å². The second-order valence-electron chi connectivity index (χ2n) is 6.94. The van der Waals surface area contributed by atoms with Gasteiger partial charge in [-0.2, -0.15) is 0 Å². The van der Waals surface area contributed by atoms with Gasteiger partial charge in [0.05, 0.1) is 11.8 Å². The van der Waals surface area contributed by atoms with E-state index in [1.807, 2.05) is 56.3 Å². The van der Waals surface area contributed by atoms with Crippen molar-refractivity contribution in [2.45, 2.75) is 13.8 Å². The normalized spacial score (nSPS) is 10.8. The quantitative estimate of drug-likeness (QED) is 0.308. The standard InChI is InChI=1S/C24H20O6S/c1-14-6-4-9-20(15(14)2)28-13-22(25)29-18-11-19(16-7-5-8-17(10-16)27-3)23-21(12-18)31-24(26)30-23/h4-12H,13H2,1-3H3. The van der Waals surface area contributed by atoms with Crippen LogP contribution in [0.15, 0.2) is 63.8 Å². The molecule has 0 aliphatic heterocycles. The first-order valence-corrected chi connectivity index (χ1v) is 10.4. The molecular weight excluding hydrogens is 416 g/mol. The van der Waals surface area contributed by atoms with Crippen molar-refractivity contribution in [1.82, 2.24) is 0 Å². The number of carbonyl (C=O) groups is 1. The van der Waals surface area contributed by atoms with Crippen LogP contribution in [0.3, 0.4) is 0 Å². The maximum Gasteiger partial charge on any atom is 0.396 e. The predicted molar refractivity (Wildman–Crippen MR) is 119 cm³/mol. The highest BCUT2D eigenvalue weighted by Crippen LogP contribution is 2.35. The third-order valence-corrected chi connectivity index (χ3v) is 5.69. The smallest absolute Gasteiger partial charge is 0.396 e. The van der Waals surface area contributed by atoms with E-state index in [9.17, 15) is 9.59 Å². The maximum atomic E-state index is 12.4. The van der Waals surface area contributed by atoms with Crippen LogP contribution in [0.25, 0.3) is 21.4 Å². The van der Waals surface area contributed by atoms with Crippen molar-refractivity contribution in [2.75, 3.05) is 13.7 Å². The third-order valence-electron chi connectivity index (χ3n) is 4.92. The summed E-state index contributed by atoms with van der Waals surface area (Å²) in [6.07, 6.45) is 0. The fraction of sp³-hybridized carbons (Fsp3) is 0.167. The van der Waals surface area contributed by atoms with Crippen molar-refractivity contribution in [3.63, 3.8) is 0 Å². The summed E-state index contributed by atoms with van der Waals surface area (Å²) < 4.78 is 22.4. The predicted octanol–water partition coefficient (Wildman–Crippen LogP) is 5.13. The van der Waals surface area contributed by atoms with E-state index in [-0.39, 0.29) is 6.61 Å². The zero-order valence-corrected chi connectivity index (χ0v) is 18.1. The molecule has 7 heteroatoms. The van der Waals surface area contributed by atoms with Crippen LogP contribution in [-0.2, 0) is 4.79 Å². The van der Waals surface area contributed by atoms with Crippen LogP contribution in [0.5, 0.6) is 17.2 Å². The van der Waals surface area contributed by atoms with E-state index in [0.29, 0.717) is 33.1 Å². The topological polar surface area (TPSA) is 75.0 Å². The molecule has 0 N–H and O–H groups in total. The van der Waals surface area contributed by atoms with E-state index in [4.69, 9.17) is 18.6 Å². The average molecular weight is 436 g/mol. The molecule has 1 aromatic heterocycles. The van der Waals surface area contributed by atoms with Crippen LogP contribution in [0.4, 0.5) is 0 Å². The van der Waals surface area contributed by atoms with Crippen LogP contribution in [0, 0.1) is 13.8 Å². The van der Waals surface area contributed by atoms with Gasteiger partial charge in [0.25, 0.3) is 0 Å². The van der Waals surface area contributed by atoms with Crippen LogP contribution >= 0.6 is 11.3 Å². The van der Waals surface area contributed by atoms with E-state index < -0.39 is 10.9 Å². The zero-order chi connectivity index (χ0) is 22.0. The monoisotopic (exact) mass is 436 g/mol. The first-order chi connectivity index (χ1) is 14.9. The molecule has 0 aliphatic rings. The van der Waals surface area contributed by atoms with Gasteiger partial charge in [0.2, 0.25) is 0 Å². The Labute approximate surface area is 182 Å². The first kappa shape index (κ1) is 20.7. The zero-order valence-electron chi connectivity index (χ0n) is 17.3. The van der Waals surface area contributed by atoms with Gasteiger partial charge in [0.1, 0.15) is 17.2 Å². The molecule has 0 atom stereocenters. The number of hydrogen-bond acceptors (Lipinski definition) is 7. The van der Waals surface area contributed by atoms with Crippen molar-refractivity contribution in [1.29, 1.82) is 0 Å². The number of carbonyl (C=O) groups excluding carboxylic acids is 1. The van der Waals surface area contributed by atoms with Crippen LogP contribution in [-0.4, -0.2) is 19.7 Å². The summed E-state index contributed by atoms with van der Waals surface area (Å²) in [6.45, 7) is 3.68. The van der Waals surface area contributed by atoms with Gasteiger partial charge in [-0.25, -0.2) is 9.59 Å². The van der Waals surface area contributed by atoms with Crippen molar-refractivity contribution >= 4 is 27.6 Å². The molecule has 1 heterocycles. The Morgan fingerprint density at radius 3 is 2.65 bits per heavy atom. The molecule has 0 saturated heterocycles. The van der Waals surface area contributed by atoms with Gasteiger partial charge in [-0.05, 0) is 54.8 Å². The minimum Gasteiger partial charge on any atom is -0.497 e. The molecule has 6 nitrogen and oxygen atoms in total. The molecule has 4 aromatic rings. The summed E-state index contributed by atoms with van der Waals surface area (Å²) in [4.78, 5) is 23.8. The van der Waals surface area contributed by atoms with Gasteiger partial charge in [-0.3, -0.25) is 0 Å². The summed E-state index contributed by atoms with van der Waals surface area (Å²) in [7, 11) is 1.58. The largest absolute Gasteiger partial charge is 0.497 e. The van der Waals surface area contributed by atoms with E-state index in [1.165, 1.54) is 0 Å². The molecule has 31 heavy (non-hydrogen) atoms. The molecule has 0 saturated carbocycles. The highest BCUT2D eigenvalue weighted by molar-refractivity contribution is 7.16. The summed E-state index contributed by atoms with van der Waals surface area (Å²) in [5.74, 6) is 1.05. The van der Waals surface area contributed by atoms with E-state index in [2.05, 4.69) is 0 Å². The Hall–Kier alpha value is -3.58. The fourth-order valence-corrected chi connectivity index (χ4v) is 3.92. The van der Waals surface area contributed by atoms with Gasteiger partial charge in [0, 0.05) is 11.6 Å². The van der Waals surface area contributed by atoms with Crippen molar-refractivity contribution in [2.24, 2.45) is 0 Å². The lowest BCUT2D eigenvalue weighted by molar-refractivity contribution is -0.136. The Morgan fingerprint density at radius 2 is 1.84 bits per heavy atom. The lowest BCUT2D eigenvalue weighted by atomic mass is 10.0. The number of fused-ring (bicyclic) bond motifs is 1. The van der Waals surface area contributed by atoms with Gasteiger partial charge in [0.15, 0.2) is 12.2 Å². The molecule has 0 fully saturated rings. The lowest BCUT2D eigenvalue weighted by Crippen LogP contribution is -2.18. The highest BCUT2D eigenvalue weighted by Gasteiger charge is 2.16. The Bertz CT molecular complexity index is 1320. The maximum absolute atomic E-state index is 12.4. The van der Waals surface area contributed by atoms with Crippen molar-refractivity contribution in [3.05, 3.63) is 75.5 Å². The molecule has 4 rings (SSSR count). The lowest BCUT2D eigenvalue weighted by Gasteiger charge is -2.11. The Morgan fingerprint density at radius 1 is 1.03 bits per heavy atom. The van der Waals surface area contributed by atoms with Crippen LogP contribution in [0.2, 0.25) is 0 Å². The first-order valence-electron chi connectivity index (χ1n) is 9.56. The Kier molecular flexibility index (Phi) is 5.77. The molecule has 158 valence electrons. The summed E-state index contributed by atoms with van der Waals surface area (Å²) in [6, 6.07) is 16.3. The van der Waals surface area contributed by atoms with Gasteiger partial charge >= 0.3 is 10.9 Å². The number of hydrogen-bond donors (Lipinski definition) is 0. The number of rotatable bonds is 6. The molecule has 0 radical (unpaired) electrons. The van der Waals surface area contributed by atoms with Gasteiger partial charge in [-0.15, -0.1) is 0 Å². The van der Waals surface area contributed by atoms with E-state index in [0.717, 1.165) is 28.0 Å². The number of esters is 1. The molecular formula is C24H20O6S. The molecule has 0 amide bonds. The molecule has 3 aromatic carbocycles. The Balaban J connectivity index is 1.61. The number of aryl methyl sites for hydroxylation is 1. The molecule has 0 bridgehead atoms. The summed E-state index contributed by atoms with van der Waals surface area (Å²) in [5.41, 5.74) is 3.90. The van der Waals surface area contributed by atoms with Gasteiger partial charge in [-0.1, -0.05) is 35.6 Å². The minimum absolute atomic E-state index is 0.238. The van der Waals surface area contributed by atoms with Crippen molar-refractivity contribution < 1.29 is 23.4 Å². The average Bonchev–Trinajstić information content (AvgIpc) is 3.14. The van der Waals surface area contributed by atoms with E-state index in [1.54, 1.807) is 19.2 Å². The SMILES string of the molecule is COc1cccc(-c2cc(OC(=O)COc3cccc(C)c3C)cc3sc(=O)oc23)c1. The summed E-state index contributed by atoms with van der Waals surface area (Å²) >= 11 is 0.950. The highest BCUT2D eigenvalue weighted by atomic mass is 32.1. The van der Waals surface area contributed by atoms with Gasteiger partial charge < -0.3 is 18.6 Å². The fourth-order valence-electron chi connectivity index (χ4n) is 3.19. The molecule has 0 unspecified atom stereocenters. The minimum atomic E-state index is -0.548. The van der Waals surface area contributed by atoms with Crippen molar-refractivity contribution in [3.8, 4) is 28.4 Å². The molecule has 0 aliphatic carbocycles. The molecule has 0 spiro atoms. The number of ether oxygens (including phenoxy) is 3. The summed E-state index contributed by atoms with van der Waals surface area (Å²) in [5, 5.41) is 0. The second-order valence-corrected chi connectivity index (χ2v) is 7.92. The van der Waals surface area contributed by atoms with E-state index >= 15 is 0 Å².